The van der Waals surface area contributed by atoms with E-state index >= 15 is 0 Å². The molecular weight excluding hydrogens is 660 g/mol. The van der Waals surface area contributed by atoms with Crippen LogP contribution in [0.15, 0.2) is 83.7 Å². The highest BCUT2D eigenvalue weighted by atomic mass is 16.5. The summed E-state index contributed by atoms with van der Waals surface area (Å²) < 4.78 is 6.20. The Balaban J connectivity index is 0.854. The number of phenolic OH excluding ortho intramolecular Hbond substituents is 1. The van der Waals surface area contributed by atoms with Crippen molar-refractivity contribution in [1.29, 1.82) is 0 Å². The number of aromatic nitrogens is 1. The Morgan fingerprint density at radius 1 is 0.904 bits per heavy atom. The Hall–Kier alpha value is -4.84. The second kappa shape index (κ2) is 15.4. The van der Waals surface area contributed by atoms with E-state index in [4.69, 9.17) is 4.74 Å². The van der Waals surface area contributed by atoms with Gasteiger partial charge in [0, 0.05) is 48.1 Å². The number of carbonyl (C=O) groups is 3. The number of piperidine rings is 3. The van der Waals surface area contributed by atoms with Crippen LogP contribution in [0.2, 0.25) is 0 Å². The van der Waals surface area contributed by atoms with E-state index in [1.54, 1.807) is 36.4 Å². The molecule has 1 amide bonds. The number of carbonyl (C=O) groups excluding carboxylic acids is 3. The molecule has 0 unspecified atom stereocenters. The van der Waals surface area contributed by atoms with E-state index in [1.807, 2.05) is 30.3 Å². The highest BCUT2D eigenvalue weighted by Gasteiger charge is 2.55. The lowest BCUT2D eigenvalue weighted by atomic mass is 9.57. The number of aromatic amines is 1. The number of pyridine rings is 1. The molecule has 1 saturated carbocycles. The monoisotopic (exact) mass is 706 g/mol. The Morgan fingerprint density at radius 3 is 2.33 bits per heavy atom. The largest absolute Gasteiger partial charge is 0.506 e. The highest BCUT2D eigenvalue weighted by molar-refractivity contribution is 6.02. The molecule has 4 fully saturated rings. The van der Waals surface area contributed by atoms with Crippen molar-refractivity contribution in [2.24, 2.45) is 11.8 Å². The third-order valence-corrected chi connectivity index (χ3v) is 11.2. The fourth-order valence-corrected chi connectivity index (χ4v) is 8.14. The molecule has 0 spiro atoms. The first-order valence-corrected chi connectivity index (χ1v) is 18.4. The lowest BCUT2D eigenvalue weighted by Gasteiger charge is -2.48. The van der Waals surface area contributed by atoms with E-state index in [2.05, 4.69) is 20.5 Å². The summed E-state index contributed by atoms with van der Waals surface area (Å²) in [6.45, 7) is 4.31. The van der Waals surface area contributed by atoms with Crippen molar-refractivity contribution in [2.45, 2.75) is 56.1 Å². The van der Waals surface area contributed by atoms with Gasteiger partial charge in [0.1, 0.15) is 11.9 Å². The molecule has 11 heteroatoms. The molecule has 1 aromatic heterocycles. The van der Waals surface area contributed by atoms with Gasteiger partial charge in [0.05, 0.1) is 17.0 Å². The number of nitrogens with one attached hydrogen (secondary N) is 3. The fraction of sp³-hybridized carbons (Fsp3) is 0.415. The van der Waals surface area contributed by atoms with E-state index < -0.39 is 11.5 Å². The Morgan fingerprint density at radius 2 is 1.62 bits per heavy atom. The number of unbranched alkanes of at least 4 members (excludes halogenated alkanes) is 1. The molecule has 1 aliphatic carbocycles. The molecule has 4 aromatic rings. The third kappa shape index (κ3) is 7.39. The van der Waals surface area contributed by atoms with Gasteiger partial charge in [-0.2, -0.15) is 0 Å². The van der Waals surface area contributed by atoms with Gasteiger partial charge in [0.15, 0.2) is 5.78 Å². The zero-order chi connectivity index (χ0) is 36.2. The first kappa shape index (κ1) is 35.6. The molecule has 3 saturated heterocycles. The molecule has 11 nitrogen and oxygen atoms in total. The van der Waals surface area contributed by atoms with Crippen LogP contribution < -0.4 is 16.2 Å². The Kier molecular flexibility index (Phi) is 10.5. The van der Waals surface area contributed by atoms with E-state index in [0.717, 1.165) is 50.9 Å². The second-order valence-corrected chi connectivity index (χ2v) is 14.5. The van der Waals surface area contributed by atoms with Gasteiger partial charge >= 0.3 is 5.97 Å². The predicted octanol–water partition coefficient (Wildman–Crippen LogP) is 4.24. The van der Waals surface area contributed by atoms with Crippen LogP contribution in [0.3, 0.4) is 0 Å². The summed E-state index contributed by atoms with van der Waals surface area (Å²) in [5, 5.41) is 27.5. The van der Waals surface area contributed by atoms with Gasteiger partial charge in [-0.1, -0.05) is 48.5 Å². The number of nitrogens with zero attached hydrogens (tertiary/aromatic N) is 1. The number of phenols is 1. The smallest absolute Gasteiger partial charge is 0.316 e. The number of amides is 1. The third-order valence-electron chi connectivity index (χ3n) is 11.2. The SMILES string of the molecule is O=C(NCCCCNC[C@H](O)c1ccc(O)c2[nH]c(=O)ccc12)c1ccc(C(=O)C2CC(C(=O)O[C@H]3CN4CCC3CC4)(c3ccccc3)C2)cc1. The van der Waals surface area contributed by atoms with Crippen molar-refractivity contribution in [1.82, 2.24) is 20.5 Å². The molecule has 2 atom stereocenters. The molecule has 2 bridgehead atoms. The van der Waals surface area contributed by atoms with Crippen molar-refractivity contribution in [2.75, 3.05) is 39.3 Å². The number of esters is 1. The first-order valence-electron chi connectivity index (χ1n) is 18.4. The topological polar surface area (TPSA) is 161 Å². The van der Waals surface area contributed by atoms with Gasteiger partial charge < -0.3 is 30.6 Å². The van der Waals surface area contributed by atoms with E-state index in [1.165, 1.54) is 12.1 Å². The summed E-state index contributed by atoms with van der Waals surface area (Å²) >= 11 is 0. The van der Waals surface area contributed by atoms with Crippen LogP contribution in [-0.2, 0) is 14.9 Å². The summed E-state index contributed by atoms with van der Waals surface area (Å²) in [6.07, 6.45) is 3.49. The number of ketones is 1. The number of hydrogen-bond donors (Lipinski definition) is 5. The Bertz CT molecular complexity index is 1960. The first-order chi connectivity index (χ1) is 25.2. The Labute approximate surface area is 302 Å². The molecular formula is C41H46N4O7. The molecule has 52 heavy (non-hydrogen) atoms. The number of benzene rings is 3. The summed E-state index contributed by atoms with van der Waals surface area (Å²) in [6, 6.07) is 22.4. The van der Waals surface area contributed by atoms with Crippen molar-refractivity contribution in [3.63, 3.8) is 0 Å². The van der Waals surface area contributed by atoms with Crippen LogP contribution in [0.5, 0.6) is 5.75 Å². The van der Waals surface area contributed by atoms with E-state index in [-0.39, 0.29) is 47.5 Å². The second-order valence-electron chi connectivity index (χ2n) is 14.5. The molecule has 4 aliphatic rings. The number of fused-ring (bicyclic) bond motifs is 4. The van der Waals surface area contributed by atoms with Crippen LogP contribution in [-0.4, -0.2) is 83.1 Å². The zero-order valence-electron chi connectivity index (χ0n) is 29.2. The maximum atomic E-state index is 13.8. The number of aromatic hydroxyl groups is 1. The minimum Gasteiger partial charge on any atom is -0.506 e. The summed E-state index contributed by atoms with van der Waals surface area (Å²) in [7, 11) is 0. The van der Waals surface area contributed by atoms with Gasteiger partial charge in [-0.05, 0) is 99.5 Å². The molecule has 272 valence electrons. The zero-order valence-corrected chi connectivity index (χ0v) is 29.2. The number of aliphatic hydroxyl groups excluding tert-OH is 1. The van der Waals surface area contributed by atoms with Gasteiger partial charge in [0.2, 0.25) is 5.56 Å². The molecule has 5 N–H and O–H groups in total. The van der Waals surface area contributed by atoms with Crippen molar-refractivity contribution in [3.05, 3.63) is 111 Å². The summed E-state index contributed by atoms with van der Waals surface area (Å²) in [5.41, 5.74) is 1.62. The quantitative estimate of drug-likeness (QED) is 0.0735. The van der Waals surface area contributed by atoms with Crippen molar-refractivity contribution in [3.8, 4) is 5.75 Å². The molecule has 3 aliphatic heterocycles. The average molecular weight is 707 g/mol. The number of rotatable bonds is 14. The van der Waals surface area contributed by atoms with Crippen LogP contribution in [0.4, 0.5) is 0 Å². The molecule has 3 aromatic carbocycles. The van der Waals surface area contributed by atoms with E-state index in [0.29, 0.717) is 59.4 Å². The average Bonchev–Trinajstić information content (AvgIpc) is 3.15. The summed E-state index contributed by atoms with van der Waals surface area (Å²) in [4.78, 5) is 56.8. The van der Waals surface area contributed by atoms with Crippen LogP contribution in [0, 0.1) is 11.8 Å². The van der Waals surface area contributed by atoms with Gasteiger partial charge in [-0.3, -0.25) is 24.1 Å². The van der Waals surface area contributed by atoms with Gasteiger partial charge in [-0.25, -0.2) is 0 Å². The van der Waals surface area contributed by atoms with Gasteiger partial charge in [0.25, 0.3) is 5.91 Å². The molecule has 8 rings (SSSR count). The number of aliphatic hydroxyl groups is 1. The van der Waals surface area contributed by atoms with E-state index in [9.17, 15) is 29.4 Å². The normalized spacial score (nSPS) is 24.2. The van der Waals surface area contributed by atoms with Crippen LogP contribution in [0.1, 0.15) is 76.5 Å². The number of ether oxygens (including phenoxy) is 1. The van der Waals surface area contributed by atoms with Gasteiger partial charge in [-0.15, -0.1) is 0 Å². The van der Waals surface area contributed by atoms with Crippen LogP contribution in [0.25, 0.3) is 10.9 Å². The van der Waals surface area contributed by atoms with Crippen LogP contribution >= 0.6 is 0 Å². The van der Waals surface area contributed by atoms with Crippen molar-refractivity contribution < 1.29 is 29.3 Å². The maximum absolute atomic E-state index is 13.8. The lowest BCUT2D eigenvalue weighted by Crippen LogP contribution is -2.56. The van der Waals surface area contributed by atoms with Crippen molar-refractivity contribution >= 4 is 28.6 Å². The fourth-order valence-electron chi connectivity index (χ4n) is 8.14. The lowest BCUT2D eigenvalue weighted by molar-refractivity contribution is -0.171. The number of H-pyrrole nitrogens is 1. The number of hydrogen-bond acceptors (Lipinski definition) is 9. The maximum Gasteiger partial charge on any atom is 0.316 e. The molecule has 4 heterocycles. The highest BCUT2D eigenvalue weighted by Crippen LogP contribution is 2.50. The minimum absolute atomic E-state index is 0.0275. The minimum atomic E-state index is -0.837. The molecule has 0 radical (unpaired) electrons. The standard InChI is InChI=1S/C41H46N4O7/c46-33-14-12-31(32-13-15-36(48)44-37(32)33)34(47)24-42-18-4-5-19-43-39(50)28-10-8-27(9-11-28)38(49)29-22-41(23-29,30-6-2-1-3-7-30)40(51)52-35-25-45-20-16-26(35)17-21-45/h1-3,6-15,26,29,34-35,42,46-47H,4-5,16-25H2,(H,43,50)(H,44,48)/t29?,34-,35-,41?/m0/s1. The summed E-state index contributed by atoms with van der Waals surface area (Å²) in [5.74, 6) is -0.416. The predicted molar refractivity (Wildman–Crippen MR) is 196 cm³/mol. The number of Topliss-reactive ketones (excluding diaryl/α,β-unsaturated/α-hetero) is 1.